The molecule has 6 nitrogen and oxygen atoms in total. The van der Waals surface area contributed by atoms with Gasteiger partial charge in [-0.3, -0.25) is 4.79 Å². The molecule has 0 fully saturated rings. The van der Waals surface area contributed by atoms with E-state index in [-0.39, 0.29) is 16.9 Å². The number of anilines is 2. The third kappa shape index (κ3) is 2.87. The average molecular weight is 271 g/mol. The van der Waals surface area contributed by atoms with Crippen LogP contribution in [0.1, 0.15) is 16.1 Å². The smallest absolute Gasteiger partial charge is 0.275 e. The normalized spacial score (nSPS) is 9.65. The first kappa shape index (κ1) is 13.4. The summed E-state index contributed by atoms with van der Waals surface area (Å²) in [7, 11) is 1.68. The van der Waals surface area contributed by atoms with Gasteiger partial charge in [-0.2, -0.15) is 5.26 Å². The molecule has 0 radical (unpaired) electrons. The summed E-state index contributed by atoms with van der Waals surface area (Å²) in [4.78, 5) is 19.7. The molecular formula is C13H10FN5O. The van der Waals surface area contributed by atoms with Crippen molar-refractivity contribution in [1.29, 1.82) is 5.26 Å². The predicted octanol–water partition coefficient (Wildman–Crippen LogP) is 1.78. The molecule has 1 heterocycles. The van der Waals surface area contributed by atoms with E-state index in [4.69, 9.17) is 5.26 Å². The lowest BCUT2D eigenvalue weighted by atomic mass is 10.2. The van der Waals surface area contributed by atoms with Crippen LogP contribution in [0.5, 0.6) is 0 Å². The van der Waals surface area contributed by atoms with Crippen LogP contribution in [0, 0.1) is 17.1 Å². The SMILES string of the molecule is CNc1cnc(C(=O)Nc2ccc(C#N)cc2F)cn1. The van der Waals surface area contributed by atoms with Gasteiger partial charge in [-0.1, -0.05) is 0 Å². The Kier molecular flexibility index (Phi) is 3.86. The van der Waals surface area contributed by atoms with Crippen LogP contribution < -0.4 is 10.6 Å². The number of nitrogens with one attached hydrogen (secondary N) is 2. The molecule has 0 unspecified atom stereocenters. The van der Waals surface area contributed by atoms with Gasteiger partial charge in [-0.15, -0.1) is 0 Å². The number of nitrogens with zero attached hydrogens (tertiary/aromatic N) is 3. The van der Waals surface area contributed by atoms with E-state index in [1.165, 1.54) is 24.5 Å². The monoisotopic (exact) mass is 271 g/mol. The lowest BCUT2D eigenvalue weighted by Gasteiger charge is -2.06. The molecule has 0 atom stereocenters. The van der Waals surface area contributed by atoms with Gasteiger partial charge in [-0.25, -0.2) is 14.4 Å². The highest BCUT2D eigenvalue weighted by atomic mass is 19.1. The van der Waals surface area contributed by atoms with Crippen LogP contribution >= 0.6 is 0 Å². The van der Waals surface area contributed by atoms with Crippen molar-refractivity contribution >= 4 is 17.4 Å². The van der Waals surface area contributed by atoms with Crippen LogP contribution in [0.2, 0.25) is 0 Å². The second kappa shape index (κ2) is 5.75. The molecular weight excluding hydrogens is 261 g/mol. The average Bonchev–Trinajstić information content (AvgIpc) is 2.49. The Morgan fingerprint density at radius 2 is 2.15 bits per heavy atom. The maximum absolute atomic E-state index is 13.6. The van der Waals surface area contributed by atoms with Crippen LogP contribution in [0.15, 0.2) is 30.6 Å². The van der Waals surface area contributed by atoms with Gasteiger partial charge in [0.2, 0.25) is 0 Å². The van der Waals surface area contributed by atoms with Gasteiger partial charge in [0.15, 0.2) is 0 Å². The number of carbonyl (C=O) groups is 1. The van der Waals surface area contributed by atoms with Crippen LogP contribution in [0.4, 0.5) is 15.9 Å². The van der Waals surface area contributed by atoms with Crippen LogP contribution in [0.25, 0.3) is 0 Å². The van der Waals surface area contributed by atoms with Crippen molar-refractivity contribution in [2.45, 2.75) is 0 Å². The number of rotatable bonds is 3. The zero-order valence-electron chi connectivity index (χ0n) is 10.5. The lowest BCUT2D eigenvalue weighted by molar-refractivity contribution is 0.102. The summed E-state index contributed by atoms with van der Waals surface area (Å²) in [5, 5.41) is 13.8. The van der Waals surface area contributed by atoms with Crippen molar-refractivity contribution in [2.75, 3.05) is 17.7 Å². The van der Waals surface area contributed by atoms with E-state index < -0.39 is 11.7 Å². The molecule has 0 bridgehead atoms. The number of benzene rings is 1. The van der Waals surface area contributed by atoms with E-state index in [0.717, 1.165) is 6.07 Å². The fourth-order valence-corrected chi connectivity index (χ4v) is 1.45. The number of halogens is 1. The molecule has 0 aliphatic carbocycles. The van der Waals surface area contributed by atoms with Gasteiger partial charge in [0, 0.05) is 7.05 Å². The van der Waals surface area contributed by atoms with Crippen molar-refractivity contribution < 1.29 is 9.18 Å². The zero-order chi connectivity index (χ0) is 14.5. The van der Waals surface area contributed by atoms with Gasteiger partial charge in [0.1, 0.15) is 17.3 Å². The fourth-order valence-electron chi connectivity index (χ4n) is 1.45. The first-order valence-corrected chi connectivity index (χ1v) is 5.65. The Morgan fingerprint density at radius 3 is 2.70 bits per heavy atom. The highest BCUT2D eigenvalue weighted by Crippen LogP contribution is 2.16. The molecule has 2 aromatic rings. The predicted molar refractivity (Wildman–Crippen MR) is 70.6 cm³/mol. The molecule has 7 heteroatoms. The van der Waals surface area contributed by atoms with Crippen molar-refractivity contribution in [3.05, 3.63) is 47.7 Å². The first-order valence-electron chi connectivity index (χ1n) is 5.65. The molecule has 0 spiro atoms. The molecule has 0 saturated heterocycles. The number of aromatic nitrogens is 2. The van der Waals surface area contributed by atoms with E-state index in [2.05, 4.69) is 20.6 Å². The summed E-state index contributed by atoms with van der Waals surface area (Å²) >= 11 is 0. The third-order valence-corrected chi connectivity index (χ3v) is 2.49. The molecule has 1 amide bonds. The fraction of sp³-hybridized carbons (Fsp3) is 0.0769. The summed E-state index contributed by atoms with van der Waals surface area (Å²) in [6.45, 7) is 0. The Bertz CT molecular complexity index is 678. The van der Waals surface area contributed by atoms with Gasteiger partial charge < -0.3 is 10.6 Å². The number of nitriles is 1. The van der Waals surface area contributed by atoms with Gasteiger partial charge >= 0.3 is 0 Å². The Morgan fingerprint density at radius 1 is 1.35 bits per heavy atom. The number of hydrogen-bond donors (Lipinski definition) is 2. The molecule has 1 aromatic heterocycles. The Balaban J connectivity index is 2.17. The quantitative estimate of drug-likeness (QED) is 0.888. The van der Waals surface area contributed by atoms with Crippen molar-refractivity contribution in [3.63, 3.8) is 0 Å². The summed E-state index contributed by atoms with van der Waals surface area (Å²) in [5.74, 6) is -0.743. The number of carbonyl (C=O) groups excluding carboxylic acids is 1. The van der Waals surface area contributed by atoms with Crippen molar-refractivity contribution in [2.24, 2.45) is 0 Å². The van der Waals surface area contributed by atoms with Gasteiger partial charge in [-0.05, 0) is 18.2 Å². The minimum atomic E-state index is -0.683. The second-order valence-electron chi connectivity index (χ2n) is 3.80. The van der Waals surface area contributed by atoms with Crippen LogP contribution in [0.3, 0.4) is 0 Å². The molecule has 0 aliphatic rings. The lowest BCUT2D eigenvalue weighted by Crippen LogP contribution is -2.15. The number of hydrogen-bond acceptors (Lipinski definition) is 5. The summed E-state index contributed by atoms with van der Waals surface area (Å²) in [6, 6.07) is 5.59. The van der Waals surface area contributed by atoms with E-state index >= 15 is 0 Å². The molecule has 2 N–H and O–H groups in total. The molecule has 2 rings (SSSR count). The maximum Gasteiger partial charge on any atom is 0.275 e. The Hall–Kier alpha value is -3.01. The molecule has 1 aromatic carbocycles. The van der Waals surface area contributed by atoms with E-state index in [9.17, 15) is 9.18 Å². The second-order valence-corrected chi connectivity index (χ2v) is 3.80. The highest BCUT2D eigenvalue weighted by Gasteiger charge is 2.11. The molecule has 100 valence electrons. The first-order chi connectivity index (χ1) is 9.63. The Labute approximate surface area is 114 Å². The van der Waals surface area contributed by atoms with Crippen LogP contribution in [-0.2, 0) is 0 Å². The van der Waals surface area contributed by atoms with Crippen LogP contribution in [-0.4, -0.2) is 22.9 Å². The zero-order valence-corrected chi connectivity index (χ0v) is 10.5. The largest absolute Gasteiger partial charge is 0.372 e. The standard InChI is InChI=1S/C13H10FN5O/c1-16-12-7-17-11(6-18-12)13(20)19-10-3-2-8(5-15)4-9(10)14/h2-4,6-7H,1H3,(H,16,18)(H,19,20). The maximum atomic E-state index is 13.6. The van der Waals surface area contributed by atoms with E-state index in [1.807, 2.05) is 6.07 Å². The van der Waals surface area contributed by atoms with E-state index in [1.54, 1.807) is 7.05 Å². The van der Waals surface area contributed by atoms with Gasteiger partial charge in [0.05, 0.1) is 29.7 Å². The van der Waals surface area contributed by atoms with E-state index in [0.29, 0.717) is 5.82 Å². The molecule has 0 aliphatic heterocycles. The summed E-state index contributed by atoms with van der Waals surface area (Å²) < 4.78 is 13.6. The minimum Gasteiger partial charge on any atom is -0.372 e. The van der Waals surface area contributed by atoms with Gasteiger partial charge in [0.25, 0.3) is 5.91 Å². The number of amides is 1. The molecule has 20 heavy (non-hydrogen) atoms. The minimum absolute atomic E-state index is 0.0199. The van der Waals surface area contributed by atoms with Crippen molar-refractivity contribution in [1.82, 2.24) is 9.97 Å². The highest BCUT2D eigenvalue weighted by molar-refractivity contribution is 6.02. The summed E-state index contributed by atoms with van der Waals surface area (Å²) in [5.41, 5.74) is 0.222. The van der Waals surface area contributed by atoms with Crippen molar-refractivity contribution in [3.8, 4) is 6.07 Å². The molecule has 0 saturated carbocycles. The third-order valence-electron chi connectivity index (χ3n) is 2.49. The topological polar surface area (TPSA) is 90.7 Å². The summed E-state index contributed by atoms with van der Waals surface area (Å²) in [6.07, 6.45) is 2.67.